The molecule has 0 spiro atoms. The molecule has 0 aromatic heterocycles. The van der Waals surface area contributed by atoms with Crippen LogP contribution in [0.5, 0.6) is 0 Å². The highest BCUT2D eigenvalue weighted by atomic mass is 35.5. The maximum absolute atomic E-state index is 13.0. The molecule has 9 heteroatoms. The predicted octanol–water partition coefficient (Wildman–Crippen LogP) is 1.87. The molecule has 0 radical (unpaired) electrons. The summed E-state index contributed by atoms with van der Waals surface area (Å²) in [5, 5.41) is 0.624. The molecule has 1 saturated heterocycles. The lowest BCUT2D eigenvalue weighted by atomic mass is 10.1. The van der Waals surface area contributed by atoms with Gasteiger partial charge in [-0.15, -0.1) is 0 Å². The van der Waals surface area contributed by atoms with E-state index in [0.29, 0.717) is 11.0 Å². The Labute approximate surface area is 161 Å². The second-order valence-corrected chi connectivity index (χ2v) is 7.23. The number of aliphatic imine (C=N–C) groups is 1. The fourth-order valence-corrected chi connectivity index (χ4v) is 3.76. The van der Waals surface area contributed by atoms with E-state index in [2.05, 4.69) is 4.99 Å². The third-order valence-electron chi connectivity index (χ3n) is 4.85. The van der Waals surface area contributed by atoms with Crippen molar-refractivity contribution in [1.29, 1.82) is 0 Å². The van der Waals surface area contributed by atoms with Crippen molar-refractivity contribution in [2.24, 2.45) is 4.99 Å². The van der Waals surface area contributed by atoms with E-state index < -0.39 is 24.1 Å². The Hall–Kier alpha value is -2.87. The van der Waals surface area contributed by atoms with E-state index in [9.17, 15) is 14.4 Å². The van der Waals surface area contributed by atoms with Crippen LogP contribution in [0.4, 0.5) is 10.5 Å². The maximum Gasteiger partial charge on any atom is 0.328 e. The Morgan fingerprint density at radius 1 is 1.22 bits per heavy atom. The molecular formula is C18H18ClN5O3. The lowest BCUT2D eigenvalue weighted by Gasteiger charge is -2.39. The van der Waals surface area contributed by atoms with E-state index in [0.717, 1.165) is 16.3 Å². The van der Waals surface area contributed by atoms with Crippen LogP contribution in [-0.2, 0) is 9.59 Å². The highest BCUT2D eigenvalue weighted by Crippen LogP contribution is 2.36. The van der Waals surface area contributed by atoms with Crippen LogP contribution in [0.1, 0.15) is 13.8 Å². The standard InChI is InChI=1S/C18H18ClN5O3/c1-10-8-22-14-15(21(3)18(27)23(16(14)26)9-11(2)25)20-17(22)24(10)13-6-4-12(19)5-7-13/h4-8,14-15H,9H2,1-3H3. The number of carbonyl (C=O) groups is 3. The van der Waals surface area contributed by atoms with Crippen LogP contribution in [0.2, 0.25) is 5.02 Å². The van der Waals surface area contributed by atoms with Gasteiger partial charge in [0.2, 0.25) is 5.96 Å². The fraction of sp³-hybridized carbons (Fsp3) is 0.333. The first kappa shape index (κ1) is 17.5. The van der Waals surface area contributed by atoms with Gasteiger partial charge in [-0.1, -0.05) is 11.6 Å². The molecule has 2 unspecified atom stereocenters. The molecule has 27 heavy (non-hydrogen) atoms. The smallest absolute Gasteiger partial charge is 0.302 e. The first-order valence-electron chi connectivity index (χ1n) is 8.47. The number of halogens is 1. The van der Waals surface area contributed by atoms with Gasteiger partial charge in [0.05, 0.1) is 6.54 Å². The number of hydrogen-bond donors (Lipinski definition) is 0. The highest BCUT2D eigenvalue weighted by molar-refractivity contribution is 6.30. The van der Waals surface area contributed by atoms with Crippen LogP contribution < -0.4 is 4.90 Å². The van der Waals surface area contributed by atoms with Gasteiger partial charge in [-0.05, 0) is 38.1 Å². The molecule has 1 aromatic rings. The second-order valence-electron chi connectivity index (χ2n) is 6.80. The third-order valence-corrected chi connectivity index (χ3v) is 5.11. The van der Waals surface area contributed by atoms with Gasteiger partial charge in [-0.2, -0.15) is 0 Å². The molecule has 3 aliphatic rings. The molecule has 0 saturated carbocycles. The van der Waals surface area contributed by atoms with Crippen LogP contribution in [0, 0.1) is 0 Å². The number of urea groups is 1. The minimum absolute atomic E-state index is 0.238. The van der Waals surface area contributed by atoms with Gasteiger partial charge in [-0.3, -0.25) is 19.4 Å². The topological polar surface area (TPSA) is 76.5 Å². The van der Waals surface area contributed by atoms with Crippen molar-refractivity contribution in [3.63, 3.8) is 0 Å². The number of allylic oxidation sites excluding steroid dienone is 1. The third kappa shape index (κ3) is 2.59. The summed E-state index contributed by atoms with van der Waals surface area (Å²) >= 11 is 5.98. The number of benzene rings is 1. The summed E-state index contributed by atoms with van der Waals surface area (Å²) in [7, 11) is 1.59. The normalized spacial score (nSPS) is 24.1. The van der Waals surface area contributed by atoms with Crippen LogP contribution >= 0.6 is 11.6 Å². The highest BCUT2D eigenvalue weighted by Gasteiger charge is 2.54. The summed E-state index contributed by atoms with van der Waals surface area (Å²) in [6, 6.07) is 6.10. The monoisotopic (exact) mass is 387 g/mol. The summed E-state index contributed by atoms with van der Waals surface area (Å²) in [5.41, 5.74) is 1.75. The van der Waals surface area contributed by atoms with Crippen molar-refractivity contribution in [2.45, 2.75) is 26.1 Å². The average Bonchev–Trinajstić information content (AvgIpc) is 3.12. The Bertz CT molecular complexity index is 910. The molecule has 140 valence electrons. The molecule has 3 heterocycles. The Kier molecular flexibility index (Phi) is 3.96. The van der Waals surface area contributed by atoms with Crippen molar-refractivity contribution in [2.75, 3.05) is 18.5 Å². The van der Waals surface area contributed by atoms with Gasteiger partial charge in [0.25, 0.3) is 5.91 Å². The van der Waals surface area contributed by atoms with Crippen molar-refractivity contribution in [1.82, 2.24) is 14.7 Å². The van der Waals surface area contributed by atoms with Gasteiger partial charge >= 0.3 is 6.03 Å². The number of nitrogens with zero attached hydrogens (tertiary/aromatic N) is 5. The number of hydrogen-bond acceptors (Lipinski definition) is 6. The molecular weight excluding hydrogens is 370 g/mol. The molecule has 4 rings (SSSR count). The molecule has 1 fully saturated rings. The quantitative estimate of drug-likeness (QED) is 0.791. The Balaban J connectivity index is 1.71. The van der Waals surface area contributed by atoms with Gasteiger partial charge in [0.1, 0.15) is 5.78 Å². The lowest BCUT2D eigenvalue weighted by Crippen LogP contribution is -2.64. The summed E-state index contributed by atoms with van der Waals surface area (Å²) < 4.78 is 0. The fourth-order valence-electron chi connectivity index (χ4n) is 3.63. The molecule has 0 aliphatic carbocycles. The number of Topliss-reactive ketones (excluding diaryl/α,β-unsaturated/α-hetero) is 1. The van der Waals surface area contributed by atoms with Gasteiger partial charge < -0.3 is 9.80 Å². The first-order chi connectivity index (χ1) is 12.8. The number of amides is 3. The number of guanidine groups is 1. The van der Waals surface area contributed by atoms with Crippen LogP contribution in [-0.4, -0.2) is 64.2 Å². The maximum atomic E-state index is 13.0. The second kappa shape index (κ2) is 6.09. The predicted molar refractivity (Wildman–Crippen MR) is 100 cm³/mol. The largest absolute Gasteiger partial charge is 0.328 e. The summed E-state index contributed by atoms with van der Waals surface area (Å²) in [6.45, 7) is 3.03. The molecule has 3 aliphatic heterocycles. The van der Waals surface area contributed by atoms with E-state index in [1.165, 1.54) is 11.8 Å². The number of ketones is 1. The molecule has 0 N–H and O–H groups in total. The molecule has 2 atom stereocenters. The van der Waals surface area contributed by atoms with Crippen LogP contribution in [0.25, 0.3) is 0 Å². The number of rotatable bonds is 3. The SMILES string of the molecule is CC(=O)CN1C(=O)C2C(N=C3N(c4ccc(Cl)cc4)C(C)=CN32)N(C)C1=O. The zero-order chi connectivity index (χ0) is 19.5. The minimum atomic E-state index is -0.686. The van der Waals surface area contributed by atoms with Gasteiger partial charge in [-0.25, -0.2) is 9.79 Å². The van der Waals surface area contributed by atoms with Crippen LogP contribution in [0.3, 0.4) is 0 Å². The minimum Gasteiger partial charge on any atom is -0.302 e. The number of imide groups is 1. The zero-order valence-corrected chi connectivity index (χ0v) is 15.8. The van der Waals surface area contributed by atoms with E-state index in [4.69, 9.17) is 11.6 Å². The van der Waals surface area contributed by atoms with Crippen molar-refractivity contribution in [3.8, 4) is 0 Å². The van der Waals surface area contributed by atoms with E-state index >= 15 is 0 Å². The van der Waals surface area contributed by atoms with Gasteiger partial charge in [0.15, 0.2) is 12.2 Å². The molecule has 1 aromatic carbocycles. The van der Waals surface area contributed by atoms with Crippen molar-refractivity contribution >= 4 is 41.0 Å². The van der Waals surface area contributed by atoms with E-state index in [1.807, 2.05) is 30.2 Å². The van der Waals surface area contributed by atoms with Gasteiger partial charge in [0, 0.05) is 29.7 Å². The number of likely N-dealkylation sites (N-methyl/N-ethyl adjacent to an activating group) is 1. The number of carbonyl (C=O) groups excluding carboxylic acids is 3. The summed E-state index contributed by atoms with van der Waals surface area (Å²) in [4.78, 5) is 47.8. The molecule has 8 nitrogen and oxygen atoms in total. The average molecular weight is 388 g/mol. The number of fused-ring (bicyclic) bond motifs is 3. The summed E-state index contributed by atoms with van der Waals surface area (Å²) in [5.74, 6) is -0.0971. The number of anilines is 1. The van der Waals surface area contributed by atoms with E-state index in [1.54, 1.807) is 24.1 Å². The first-order valence-corrected chi connectivity index (χ1v) is 8.85. The molecule has 3 amide bonds. The van der Waals surface area contributed by atoms with E-state index in [-0.39, 0.29) is 12.3 Å². The Morgan fingerprint density at radius 3 is 2.52 bits per heavy atom. The van der Waals surface area contributed by atoms with Crippen molar-refractivity contribution in [3.05, 3.63) is 41.2 Å². The lowest BCUT2D eigenvalue weighted by molar-refractivity contribution is -0.139. The zero-order valence-electron chi connectivity index (χ0n) is 15.1. The Morgan fingerprint density at radius 2 is 1.89 bits per heavy atom. The molecule has 0 bridgehead atoms. The van der Waals surface area contributed by atoms with Crippen LogP contribution in [0.15, 0.2) is 41.2 Å². The summed E-state index contributed by atoms with van der Waals surface area (Å²) in [6.07, 6.45) is 1.20. The van der Waals surface area contributed by atoms with Crippen molar-refractivity contribution < 1.29 is 14.4 Å².